The predicted molar refractivity (Wildman–Crippen MR) is 38.4 cm³/mol. The minimum atomic E-state index is -1.03. The van der Waals surface area contributed by atoms with Crippen LogP contribution in [0.25, 0.3) is 0 Å². The van der Waals surface area contributed by atoms with E-state index >= 15 is 0 Å². The Bertz CT molecular complexity index is 166. The van der Waals surface area contributed by atoms with E-state index in [0.29, 0.717) is 0 Å². The van der Waals surface area contributed by atoms with Crippen LogP contribution in [0.4, 0.5) is 4.79 Å². The number of rotatable bonds is 4. The molecule has 5 heteroatoms. The third-order valence-corrected chi connectivity index (χ3v) is 0.775. The molecule has 0 amide bonds. The van der Waals surface area contributed by atoms with Gasteiger partial charge in [0.1, 0.15) is 6.61 Å². The third-order valence-electron chi connectivity index (χ3n) is 0.666. The molecule has 0 unspecified atom stereocenters. The highest BCUT2D eigenvalue weighted by Crippen LogP contribution is 1.88. The van der Waals surface area contributed by atoms with E-state index in [1.54, 1.807) is 0 Å². The highest BCUT2D eigenvalue weighted by molar-refractivity contribution is 6.61. The lowest BCUT2D eigenvalue weighted by Crippen LogP contribution is -2.13. The summed E-state index contributed by atoms with van der Waals surface area (Å²) in [7, 11) is 0. The van der Waals surface area contributed by atoms with Crippen molar-refractivity contribution in [3.05, 3.63) is 12.7 Å². The molecule has 11 heavy (non-hydrogen) atoms. The van der Waals surface area contributed by atoms with Crippen LogP contribution < -0.4 is 0 Å². The lowest BCUT2D eigenvalue weighted by Gasteiger charge is -1.99. The second-order valence-corrected chi connectivity index (χ2v) is 1.81. The fourth-order valence-electron chi connectivity index (χ4n) is 0.309. The van der Waals surface area contributed by atoms with E-state index in [1.807, 2.05) is 0 Å². The largest absolute Gasteiger partial charge is 0.459 e. The molecule has 62 valence electrons. The Morgan fingerprint density at radius 1 is 1.45 bits per heavy atom. The molecule has 0 saturated heterocycles. The van der Waals surface area contributed by atoms with E-state index < -0.39 is 18.0 Å². The molecule has 0 atom stereocenters. The number of carbonyl (C=O) groups excluding carboxylic acids is 2. The second kappa shape index (κ2) is 5.73. The molecule has 4 nitrogen and oxygen atoms in total. The molecular weight excluding hydrogens is 172 g/mol. The Balaban J connectivity index is 3.37. The highest BCUT2D eigenvalue weighted by Gasteiger charge is 2.03. The molecule has 0 fully saturated rings. The average molecular weight is 179 g/mol. The summed E-state index contributed by atoms with van der Waals surface area (Å²) in [6.07, 6.45) is 1.40. The Labute approximate surface area is 68.7 Å². The normalized spacial score (nSPS) is 8.45. The van der Waals surface area contributed by atoms with Crippen molar-refractivity contribution in [2.24, 2.45) is 0 Å². The van der Waals surface area contributed by atoms with Crippen molar-refractivity contribution in [1.82, 2.24) is 0 Å². The first kappa shape index (κ1) is 9.97. The number of halogens is 1. The molecule has 0 N–H and O–H groups in total. The van der Waals surface area contributed by atoms with Gasteiger partial charge in [-0.25, -0.2) is 9.59 Å². The van der Waals surface area contributed by atoms with E-state index in [1.165, 1.54) is 6.08 Å². The SMILES string of the molecule is C=CCOC(=O)COC(=O)Cl. The summed E-state index contributed by atoms with van der Waals surface area (Å²) in [6.45, 7) is 2.95. The van der Waals surface area contributed by atoms with Crippen molar-refractivity contribution in [3.8, 4) is 0 Å². The average Bonchev–Trinajstić information content (AvgIpc) is 1.97. The van der Waals surface area contributed by atoms with Gasteiger partial charge in [0.2, 0.25) is 0 Å². The van der Waals surface area contributed by atoms with Gasteiger partial charge in [-0.2, -0.15) is 0 Å². The van der Waals surface area contributed by atoms with Crippen LogP contribution in [0.15, 0.2) is 12.7 Å². The zero-order valence-corrected chi connectivity index (χ0v) is 6.47. The Morgan fingerprint density at radius 3 is 2.55 bits per heavy atom. The predicted octanol–water partition coefficient (Wildman–Crippen LogP) is 1.09. The van der Waals surface area contributed by atoms with Gasteiger partial charge in [-0.05, 0) is 0 Å². The van der Waals surface area contributed by atoms with E-state index in [4.69, 9.17) is 11.6 Å². The number of ether oxygens (including phenoxy) is 2. The Morgan fingerprint density at radius 2 is 2.09 bits per heavy atom. The third kappa shape index (κ3) is 6.86. The number of carbonyl (C=O) groups is 2. The maximum atomic E-state index is 10.5. The van der Waals surface area contributed by atoms with Crippen molar-refractivity contribution in [3.63, 3.8) is 0 Å². The quantitative estimate of drug-likeness (QED) is 0.367. The van der Waals surface area contributed by atoms with Crippen LogP contribution in [0.3, 0.4) is 0 Å². The molecular formula is C6H7ClO4. The minimum Gasteiger partial charge on any atom is -0.459 e. The van der Waals surface area contributed by atoms with Gasteiger partial charge in [-0.15, -0.1) is 0 Å². The lowest BCUT2D eigenvalue weighted by molar-refractivity contribution is -0.145. The van der Waals surface area contributed by atoms with Crippen LogP contribution in [-0.4, -0.2) is 24.6 Å². The monoisotopic (exact) mass is 178 g/mol. The molecule has 0 radical (unpaired) electrons. The van der Waals surface area contributed by atoms with Gasteiger partial charge in [0.15, 0.2) is 6.61 Å². The fourth-order valence-corrected chi connectivity index (χ4v) is 0.364. The molecule has 0 aliphatic rings. The standard InChI is InChI=1S/C6H7ClO4/c1-2-3-10-5(8)4-11-6(7)9/h2H,1,3-4H2. The number of hydrogen-bond donors (Lipinski definition) is 0. The summed E-state index contributed by atoms with van der Waals surface area (Å²) >= 11 is 4.77. The van der Waals surface area contributed by atoms with Gasteiger partial charge in [0.25, 0.3) is 0 Å². The first-order valence-electron chi connectivity index (χ1n) is 2.75. The summed E-state index contributed by atoms with van der Waals surface area (Å²) < 4.78 is 8.57. The van der Waals surface area contributed by atoms with Crippen molar-refractivity contribution in [2.75, 3.05) is 13.2 Å². The van der Waals surface area contributed by atoms with Gasteiger partial charge in [0.05, 0.1) is 0 Å². The molecule has 0 aromatic heterocycles. The number of esters is 1. The Hall–Kier alpha value is -1.03. The zero-order chi connectivity index (χ0) is 8.69. The van der Waals surface area contributed by atoms with Crippen LogP contribution in [0, 0.1) is 0 Å². The topological polar surface area (TPSA) is 52.6 Å². The van der Waals surface area contributed by atoms with Crippen LogP contribution >= 0.6 is 11.6 Å². The van der Waals surface area contributed by atoms with Gasteiger partial charge < -0.3 is 9.47 Å². The summed E-state index contributed by atoms with van der Waals surface area (Å²) in [6, 6.07) is 0. The summed E-state index contributed by atoms with van der Waals surface area (Å²) in [5.41, 5.74) is -1.03. The smallest absolute Gasteiger partial charge is 0.404 e. The van der Waals surface area contributed by atoms with E-state index in [-0.39, 0.29) is 6.61 Å². The summed E-state index contributed by atoms with van der Waals surface area (Å²) in [5.74, 6) is -0.654. The first-order valence-corrected chi connectivity index (χ1v) is 3.13. The molecule has 0 aliphatic carbocycles. The highest BCUT2D eigenvalue weighted by atomic mass is 35.5. The van der Waals surface area contributed by atoms with Gasteiger partial charge >= 0.3 is 11.4 Å². The summed E-state index contributed by atoms with van der Waals surface area (Å²) in [4.78, 5) is 20.4. The zero-order valence-electron chi connectivity index (χ0n) is 5.71. The van der Waals surface area contributed by atoms with E-state index in [0.717, 1.165) is 0 Å². The first-order chi connectivity index (χ1) is 5.16. The van der Waals surface area contributed by atoms with E-state index in [2.05, 4.69) is 16.1 Å². The minimum absolute atomic E-state index is 0.0959. The van der Waals surface area contributed by atoms with E-state index in [9.17, 15) is 9.59 Å². The molecule has 0 saturated carbocycles. The van der Waals surface area contributed by atoms with Crippen LogP contribution in [-0.2, 0) is 14.3 Å². The molecule has 0 aromatic carbocycles. The van der Waals surface area contributed by atoms with Gasteiger partial charge in [-0.1, -0.05) is 12.7 Å². The van der Waals surface area contributed by atoms with Crippen LogP contribution in [0.5, 0.6) is 0 Å². The molecule has 0 aliphatic heterocycles. The molecule has 0 spiro atoms. The fraction of sp³-hybridized carbons (Fsp3) is 0.333. The molecule has 0 rings (SSSR count). The van der Waals surface area contributed by atoms with Crippen LogP contribution in [0.1, 0.15) is 0 Å². The maximum absolute atomic E-state index is 10.5. The van der Waals surface area contributed by atoms with Crippen molar-refractivity contribution in [1.29, 1.82) is 0 Å². The molecule has 0 aromatic rings. The van der Waals surface area contributed by atoms with Crippen LogP contribution in [0.2, 0.25) is 0 Å². The maximum Gasteiger partial charge on any atom is 0.404 e. The van der Waals surface area contributed by atoms with Crippen molar-refractivity contribution < 1.29 is 19.1 Å². The van der Waals surface area contributed by atoms with Gasteiger partial charge in [-0.3, -0.25) is 0 Å². The van der Waals surface area contributed by atoms with Crippen molar-refractivity contribution in [2.45, 2.75) is 0 Å². The lowest BCUT2D eigenvalue weighted by atomic mass is 10.6. The summed E-state index contributed by atoms with van der Waals surface area (Å²) in [5, 5.41) is 0. The number of hydrogen-bond acceptors (Lipinski definition) is 4. The molecule has 0 bridgehead atoms. The second-order valence-electron chi connectivity index (χ2n) is 1.50. The Kier molecular flexibility index (Phi) is 5.20. The van der Waals surface area contributed by atoms with Gasteiger partial charge in [0, 0.05) is 11.6 Å². The van der Waals surface area contributed by atoms with Crippen molar-refractivity contribution >= 4 is 23.0 Å². The molecule has 0 heterocycles.